The molecule has 0 aliphatic carbocycles. The summed E-state index contributed by atoms with van der Waals surface area (Å²) in [5.41, 5.74) is 1.04. The van der Waals surface area contributed by atoms with Crippen LogP contribution < -0.4 is 4.74 Å². The van der Waals surface area contributed by atoms with Crippen LogP contribution in [0.15, 0.2) is 18.2 Å². The van der Waals surface area contributed by atoms with E-state index in [0.717, 1.165) is 0 Å². The molecule has 0 heterocycles. The molecule has 1 rings (SSSR count). The van der Waals surface area contributed by atoms with Crippen molar-refractivity contribution >= 4 is 5.78 Å². The van der Waals surface area contributed by atoms with Gasteiger partial charge in [-0.1, -0.05) is 6.92 Å². The summed E-state index contributed by atoms with van der Waals surface area (Å²) in [4.78, 5) is 12.6. The fraction of sp³-hybridized carbons (Fsp3) is 0.500. The summed E-state index contributed by atoms with van der Waals surface area (Å²) in [7, 11) is 1.45. The molecule has 0 aromatic heterocycles. The van der Waals surface area contributed by atoms with Gasteiger partial charge < -0.3 is 4.74 Å². The second-order valence-corrected chi connectivity index (χ2v) is 4.50. The van der Waals surface area contributed by atoms with Crippen LogP contribution in [0.25, 0.3) is 0 Å². The highest BCUT2D eigenvalue weighted by molar-refractivity contribution is 5.94. The van der Waals surface area contributed by atoms with E-state index in [0.29, 0.717) is 16.9 Å². The Morgan fingerprint density at radius 1 is 1.35 bits per heavy atom. The first-order valence-corrected chi connectivity index (χ1v) is 6.23. The average molecular weight is 289 g/mol. The number of carbonyl (C=O) groups excluding carboxylic acids is 1. The lowest BCUT2D eigenvalue weighted by molar-refractivity contribution is -0.146. The Morgan fingerprint density at radius 2 is 2.00 bits per heavy atom. The van der Waals surface area contributed by atoms with Crippen LogP contribution in [-0.2, 0) is 6.54 Å². The number of methoxy groups -OCH3 is 1. The molecule has 0 radical (unpaired) electrons. The molecule has 0 aliphatic rings. The molecular weight excluding hydrogens is 271 g/mol. The van der Waals surface area contributed by atoms with Gasteiger partial charge in [-0.25, -0.2) is 0 Å². The lowest BCUT2D eigenvalue weighted by Gasteiger charge is -2.23. The van der Waals surface area contributed by atoms with E-state index in [4.69, 9.17) is 4.74 Å². The van der Waals surface area contributed by atoms with Gasteiger partial charge in [-0.2, -0.15) is 13.2 Å². The topological polar surface area (TPSA) is 29.5 Å². The average Bonchev–Trinajstić information content (AvgIpc) is 2.36. The van der Waals surface area contributed by atoms with Crippen LogP contribution in [0.3, 0.4) is 0 Å². The number of hydrogen-bond acceptors (Lipinski definition) is 3. The maximum absolute atomic E-state index is 12.5. The SMILES string of the molecule is CCN(Cc1cc(C(C)=O)ccc1OC)CC(F)(F)F. The number of halogens is 3. The van der Waals surface area contributed by atoms with Gasteiger partial charge in [0.1, 0.15) is 5.75 Å². The van der Waals surface area contributed by atoms with Gasteiger partial charge in [0.2, 0.25) is 0 Å². The highest BCUT2D eigenvalue weighted by atomic mass is 19.4. The van der Waals surface area contributed by atoms with Crippen molar-refractivity contribution in [3.05, 3.63) is 29.3 Å². The van der Waals surface area contributed by atoms with Gasteiger partial charge in [-0.15, -0.1) is 0 Å². The number of alkyl halides is 3. The van der Waals surface area contributed by atoms with Crippen molar-refractivity contribution in [1.29, 1.82) is 0 Å². The second kappa shape index (κ2) is 6.74. The molecule has 0 aliphatic heterocycles. The molecule has 1 aromatic carbocycles. The van der Waals surface area contributed by atoms with Crippen LogP contribution in [-0.4, -0.2) is 37.1 Å². The molecule has 20 heavy (non-hydrogen) atoms. The van der Waals surface area contributed by atoms with E-state index < -0.39 is 12.7 Å². The summed E-state index contributed by atoms with van der Waals surface area (Å²) in [6.07, 6.45) is -4.25. The van der Waals surface area contributed by atoms with Crippen molar-refractivity contribution in [2.75, 3.05) is 20.2 Å². The van der Waals surface area contributed by atoms with Crippen molar-refractivity contribution in [1.82, 2.24) is 4.90 Å². The zero-order valence-corrected chi connectivity index (χ0v) is 11.8. The number of ether oxygens (including phenoxy) is 1. The maximum Gasteiger partial charge on any atom is 0.401 e. The monoisotopic (exact) mass is 289 g/mol. The summed E-state index contributed by atoms with van der Waals surface area (Å²) >= 11 is 0. The lowest BCUT2D eigenvalue weighted by Crippen LogP contribution is -2.33. The van der Waals surface area contributed by atoms with Gasteiger partial charge in [0.25, 0.3) is 0 Å². The third-order valence-corrected chi connectivity index (χ3v) is 2.93. The number of nitrogens with zero attached hydrogens (tertiary/aromatic N) is 1. The highest BCUT2D eigenvalue weighted by Crippen LogP contribution is 2.24. The lowest BCUT2D eigenvalue weighted by atomic mass is 10.1. The van der Waals surface area contributed by atoms with Gasteiger partial charge in [-0.3, -0.25) is 9.69 Å². The Labute approximate surface area is 116 Å². The normalized spacial score (nSPS) is 11.8. The summed E-state index contributed by atoms with van der Waals surface area (Å²) in [5, 5.41) is 0. The summed E-state index contributed by atoms with van der Waals surface area (Å²) in [6.45, 7) is 2.43. The van der Waals surface area contributed by atoms with Crippen LogP contribution in [0.4, 0.5) is 13.2 Å². The van der Waals surface area contributed by atoms with Crippen LogP contribution in [0, 0.1) is 0 Å². The Morgan fingerprint density at radius 3 is 2.45 bits per heavy atom. The minimum absolute atomic E-state index is 0.0836. The van der Waals surface area contributed by atoms with E-state index in [-0.39, 0.29) is 18.9 Å². The molecule has 3 nitrogen and oxygen atoms in total. The molecule has 6 heteroatoms. The van der Waals surface area contributed by atoms with E-state index in [1.54, 1.807) is 25.1 Å². The van der Waals surface area contributed by atoms with Crippen LogP contribution in [0.5, 0.6) is 5.75 Å². The molecular formula is C14H18F3NO2. The van der Waals surface area contributed by atoms with E-state index in [1.807, 2.05) is 0 Å². The zero-order valence-electron chi connectivity index (χ0n) is 11.8. The van der Waals surface area contributed by atoms with Crippen molar-refractivity contribution in [2.45, 2.75) is 26.6 Å². The fourth-order valence-electron chi connectivity index (χ4n) is 1.90. The predicted molar refractivity (Wildman–Crippen MR) is 70.0 cm³/mol. The number of ketones is 1. The first-order chi connectivity index (χ1) is 9.26. The number of rotatable bonds is 6. The van der Waals surface area contributed by atoms with Crippen LogP contribution in [0.2, 0.25) is 0 Å². The van der Waals surface area contributed by atoms with E-state index in [2.05, 4.69) is 0 Å². The molecule has 0 amide bonds. The molecule has 0 saturated carbocycles. The van der Waals surface area contributed by atoms with E-state index in [1.165, 1.54) is 18.9 Å². The van der Waals surface area contributed by atoms with Gasteiger partial charge in [0, 0.05) is 17.7 Å². The van der Waals surface area contributed by atoms with Gasteiger partial charge in [0.15, 0.2) is 5.78 Å². The number of carbonyl (C=O) groups is 1. The first kappa shape index (κ1) is 16.5. The van der Waals surface area contributed by atoms with Crippen LogP contribution >= 0.6 is 0 Å². The van der Waals surface area contributed by atoms with Crippen molar-refractivity contribution in [2.24, 2.45) is 0 Å². The second-order valence-electron chi connectivity index (χ2n) is 4.50. The van der Waals surface area contributed by atoms with Gasteiger partial charge >= 0.3 is 6.18 Å². The Bertz CT molecular complexity index is 472. The van der Waals surface area contributed by atoms with E-state index >= 15 is 0 Å². The van der Waals surface area contributed by atoms with Crippen molar-refractivity contribution in [3.8, 4) is 5.75 Å². The molecule has 112 valence electrons. The minimum atomic E-state index is -4.25. The zero-order chi connectivity index (χ0) is 15.3. The third kappa shape index (κ3) is 4.85. The third-order valence-electron chi connectivity index (χ3n) is 2.93. The fourth-order valence-corrected chi connectivity index (χ4v) is 1.90. The van der Waals surface area contributed by atoms with E-state index in [9.17, 15) is 18.0 Å². The molecule has 0 unspecified atom stereocenters. The van der Waals surface area contributed by atoms with Crippen LogP contribution in [0.1, 0.15) is 29.8 Å². The smallest absolute Gasteiger partial charge is 0.401 e. The Balaban J connectivity index is 2.98. The number of benzene rings is 1. The molecule has 0 N–H and O–H groups in total. The van der Waals surface area contributed by atoms with Gasteiger partial charge in [0.05, 0.1) is 13.7 Å². The quantitative estimate of drug-likeness (QED) is 0.753. The molecule has 0 bridgehead atoms. The molecule has 0 saturated heterocycles. The molecule has 1 aromatic rings. The number of Topliss-reactive ketones (excluding diaryl/α,β-unsaturated/α-hetero) is 1. The maximum atomic E-state index is 12.5. The molecule has 0 atom stereocenters. The summed E-state index contributed by atoms with van der Waals surface area (Å²) in [6, 6.07) is 4.79. The van der Waals surface area contributed by atoms with Crippen molar-refractivity contribution in [3.63, 3.8) is 0 Å². The molecule has 0 spiro atoms. The predicted octanol–water partition coefficient (Wildman–Crippen LogP) is 3.28. The first-order valence-electron chi connectivity index (χ1n) is 6.23. The minimum Gasteiger partial charge on any atom is -0.496 e. The summed E-state index contributed by atoms with van der Waals surface area (Å²) < 4.78 is 42.5. The highest BCUT2D eigenvalue weighted by Gasteiger charge is 2.30. The Hall–Kier alpha value is -1.56. The van der Waals surface area contributed by atoms with Gasteiger partial charge in [-0.05, 0) is 31.7 Å². The number of hydrogen-bond donors (Lipinski definition) is 0. The largest absolute Gasteiger partial charge is 0.496 e. The van der Waals surface area contributed by atoms with Crippen molar-refractivity contribution < 1.29 is 22.7 Å². The standard InChI is InChI=1S/C14H18F3NO2/c1-4-18(9-14(15,16)17)8-12-7-11(10(2)19)5-6-13(12)20-3/h5-7H,4,8-9H2,1-3H3. The Kier molecular flexibility index (Phi) is 5.56. The summed E-state index contributed by atoms with van der Waals surface area (Å²) in [5.74, 6) is 0.350. The molecule has 0 fully saturated rings.